The molecule has 160 valence electrons. The van der Waals surface area contributed by atoms with Crippen LogP contribution in [0.5, 0.6) is 0 Å². The maximum Gasteiger partial charge on any atom is 0.274 e. The number of carbonyl (C=O) groups is 2. The van der Waals surface area contributed by atoms with Gasteiger partial charge in [-0.2, -0.15) is 5.10 Å². The highest BCUT2D eigenvalue weighted by Gasteiger charge is 2.25. The van der Waals surface area contributed by atoms with E-state index in [1.807, 2.05) is 59.5 Å². The van der Waals surface area contributed by atoms with Crippen LogP contribution < -0.4 is 5.32 Å². The van der Waals surface area contributed by atoms with E-state index in [4.69, 9.17) is 11.6 Å². The van der Waals surface area contributed by atoms with Crippen molar-refractivity contribution in [2.24, 2.45) is 0 Å². The summed E-state index contributed by atoms with van der Waals surface area (Å²) in [5.74, 6) is 0.128. The first-order valence-electron chi connectivity index (χ1n) is 10.2. The summed E-state index contributed by atoms with van der Waals surface area (Å²) in [7, 11) is 0. The molecule has 7 nitrogen and oxygen atoms in total. The Bertz CT molecular complexity index is 1060. The first-order chi connectivity index (χ1) is 15.0. The summed E-state index contributed by atoms with van der Waals surface area (Å²) in [5.41, 5.74) is 2.29. The molecule has 1 aliphatic rings. The molecule has 1 aliphatic heterocycles. The van der Waals surface area contributed by atoms with Crippen LogP contribution in [0.4, 0.5) is 5.82 Å². The first kappa shape index (κ1) is 21.1. The van der Waals surface area contributed by atoms with E-state index in [1.165, 1.54) is 12.5 Å². The fraction of sp³-hybridized carbons (Fsp3) is 0.261. The normalized spacial score (nSPS) is 14.5. The van der Waals surface area contributed by atoms with Crippen molar-refractivity contribution in [3.8, 4) is 5.69 Å². The van der Waals surface area contributed by atoms with Gasteiger partial charge < -0.3 is 10.2 Å². The van der Waals surface area contributed by atoms with E-state index in [2.05, 4.69) is 15.3 Å². The van der Waals surface area contributed by atoms with Gasteiger partial charge >= 0.3 is 0 Å². The van der Waals surface area contributed by atoms with Gasteiger partial charge in [0, 0.05) is 50.7 Å². The number of halogens is 1. The molecule has 0 atom stereocenters. The molecular formula is C23H24ClN5O2. The quantitative estimate of drug-likeness (QED) is 0.663. The fourth-order valence-corrected chi connectivity index (χ4v) is 3.77. The maximum atomic E-state index is 13.1. The number of hydrogen-bond donors (Lipinski definition) is 1. The molecule has 4 rings (SSSR count). The third-order valence-electron chi connectivity index (χ3n) is 5.21. The predicted octanol–water partition coefficient (Wildman–Crippen LogP) is 3.44. The zero-order chi connectivity index (χ0) is 21.8. The summed E-state index contributed by atoms with van der Waals surface area (Å²) in [6.07, 6.45) is 0. The molecule has 2 heterocycles. The molecule has 0 saturated carbocycles. The van der Waals surface area contributed by atoms with Crippen LogP contribution in [0.3, 0.4) is 0 Å². The zero-order valence-corrected chi connectivity index (χ0v) is 18.0. The lowest BCUT2D eigenvalue weighted by molar-refractivity contribution is -0.114. The number of hydrogen-bond acceptors (Lipinski definition) is 4. The van der Waals surface area contributed by atoms with Crippen molar-refractivity contribution in [3.05, 3.63) is 76.9 Å². The van der Waals surface area contributed by atoms with Gasteiger partial charge in [-0.25, -0.2) is 4.68 Å². The number of nitrogens with zero attached hydrogens (tertiary/aromatic N) is 4. The second-order valence-corrected chi connectivity index (χ2v) is 7.97. The van der Waals surface area contributed by atoms with Gasteiger partial charge in [-0.3, -0.25) is 14.5 Å². The molecule has 1 fully saturated rings. The number of benzene rings is 2. The largest absolute Gasteiger partial charge is 0.335 e. The number of nitrogens with one attached hydrogen (secondary N) is 1. The minimum atomic E-state index is -0.216. The van der Waals surface area contributed by atoms with Crippen LogP contribution in [-0.4, -0.2) is 57.6 Å². The molecule has 8 heteroatoms. The van der Waals surface area contributed by atoms with E-state index in [0.29, 0.717) is 24.6 Å². The second-order valence-electron chi connectivity index (χ2n) is 7.54. The van der Waals surface area contributed by atoms with Crippen LogP contribution in [0.2, 0.25) is 5.02 Å². The first-order valence-corrected chi connectivity index (χ1v) is 10.6. The number of rotatable bonds is 5. The SMILES string of the molecule is CC(=O)Nc1cc(C(=O)N2CCN(Cc3ccc(Cl)cc3)CC2)nn1-c1ccccc1. The maximum absolute atomic E-state index is 13.1. The van der Waals surface area contributed by atoms with Gasteiger partial charge in [0.15, 0.2) is 5.69 Å². The van der Waals surface area contributed by atoms with Gasteiger partial charge in [0.25, 0.3) is 5.91 Å². The lowest BCUT2D eigenvalue weighted by atomic mass is 10.2. The average Bonchev–Trinajstić information content (AvgIpc) is 3.19. The number of carbonyl (C=O) groups excluding carboxylic acids is 2. The van der Waals surface area contributed by atoms with Crippen LogP contribution >= 0.6 is 11.6 Å². The number of anilines is 1. The summed E-state index contributed by atoms with van der Waals surface area (Å²) in [6.45, 7) is 5.08. The van der Waals surface area contributed by atoms with Gasteiger partial charge in [0.05, 0.1) is 5.69 Å². The minimum Gasteiger partial charge on any atom is -0.335 e. The molecular weight excluding hydrogens is 414 g/mol. The van der Waals surface area contributed by atoms with Crippen LogP contribution in [0.25, 0.3) is 5.69 Å². The molecule has 1 saturated heterocycles. The van der Waals surface area contributed by atoms with Crippen LogP contribution in [0, 0.1) is 0 Å². The predicted molar refractivity (Wildman–Crippen MR) is 121 cm³/mol. The average molecular weight is 438 g/mol. The van der Waals surface area contributed by atoms with Crippen molar-refractivity contribution in [1.82, 2.24) is 19.6 Å². The van der Waals surface area contributed by atoms with Crippen LogP contribution in [0.1, 0.15) is 23.0 Å². The van der Waals surface area contributed by atoms with Gasteiger partial charge in [-0.05, 0) is 29.8 Å². The summed E-state index contributed by atoms with van der Waals surface area (Å²) >= 11 is 5.96. The smallest absolute Gasteiger partial charge is 0.274 e. The minimum absolute atomic E-state index is 0.132. The third-order valence-corrected chi connectivity index (χ3v) is 5.46. The highest BCUT2D eigenvalue weighted by Crippen LogP contribution is 2.19. The van der Waals surface area contributed by atoms with E-state index in [0.717, 1.165) is 30.3 Å². The van der Waals surface area contributed by atoms with Gasteiger partial charge in [0.2, 0.25) is 5.91 Å². The molecule has 0 radical (unpaired) electrons. The van der Waals surface area contributed by atoms with Gasteiger partial charge in [-0.15, -0.1) is 0 Å². The molecule has 0 bridgehead atoms. The molecule has 1 aromatic heterocycles. The molecule has 2 aromatic carbocycles. The number of aromatic nitrogens is 2. The van der Waals surface area contributed by atoms with Crippen molar-refractivity contribution in [2.75, 3.05) is 31.5 Å². The molecule has 0 spiro atoms. The molecule has 0 unspecified atom stereocenters. The van der Waals surface area contributed by atoms with E-state index in [-0.39, 0.29) is 11.8 Å². The number of para-hydroxylation sites is 1. The lowest BCUT2D eigenvalue weighted by Gasteiger charge is -2.34. The number of piperazine rings is 1. The van der Waals surface area contributed by atoms with Crippen LogP contribution in [-0.2, 0) is 11.3 Å². The Morgan fingerprint density at radius 2 is 1.68 bits per heavy atom. The Balaban J connectivity index is 1.44. The van der Waals surface area contributed by atoms with Crippen molar-refractivity contribution in [1.29, 1.82) is 0 Å². The number of amides is 2. The standard InChI is InChI=1S/C23H24ClN5O2/c1-17(30)25-22-15-21(26-29(22)20-5-3-2-4-6-20)23(31)28-13-11-27(12-14-28)16-18-7-9-19(24)10-8-18/h2-10,15H,11-14,16H2,1H3,(H,25,30). The molecule has 31 heavy (non-hydrogen) atoms. The van der Waals surface area contributed by atoms with Crippen molar-refractivity contribution >= 4 is 29.2 Å². The fourth-order valence-electron chi connectivity index (χ4n) is 3.64. The van der Waals surface area contributed by atoms with Gasteiger partial charge in [0.1, 0.15) is 5.82 Å². The molecule has 3 aromatic rings. The molecule has 1 N–H and O–H groups in total. The summed E-state index contributed by atoms with van der Waals surface area (Å²) in [5, 5.41) is 7.98. The molecule has 0 aliphatic carbocycles. The van der Waals surface area contributed by atoms with Crippen molar-refractivity contribution in [2.45, 2.75) is 13.5 Å². The van der Waals surface area contributed by atoms with Crippen molar-refractivity contribution < 1.29 is 9.59 Å². The Morgan fingerprint density at radius 3 is 2.32 bits per heavy atom. The Hall–Kier alpha value is -3.16. The Kier molecular flexibility index (Phi) is 6.34. The van der Waals surface area contributed by atoms with Crippen LogP contribution in [0.15, 0.2) is 60.7 Å². The summed E-state index contributed by atoms with van der Waals surface area (Å²) in [4.78, 5) is 28.8. The second kappa shape index (κ2) is 9.32. The topological polar surface area (TPSA) is 70.5 Å². The monoisotopic (exact) mass is 437 g/mol. The van der Waals surface area contributed by atoms with E-state index < -0.39 is 0 Å². The van der Waals surface area contributed by atoms with E-state index >= 15 is 0 Å². The lowest BCUT2D eigenvalue weighted by Crippen LogP contribution is -2.48. The van der Waals surface area contributed by atoms with Gasteiger partial charge in [-0.1, -0.05) is 41.9 Å². The molecule has 2 amide bonds. The Labute approximate surface area is 186 Å². The third kappa shape index (κ3) is 5.13. The van der Waals surface area contributed by atoms with E-state index in [1.54, 1.807) is 10.7 Å². The summed E-state index contributed by atoms with van der Waals surface area (Å²) in [6, 6.07) is 18.9. The Morgan fingerprint density at radius 1 is 1.00 bits per heavy atom. The van der Waals surface area contributed by atoms with E-state index in [9.17, 15) is 9.59 Å². The van der Waals surface area contributed by atoms with Crippen molar-refractivity contribution in [3.63, 3.8) is 0 Å². The highest BCUT2D eigenvalue weighted by atomic mass is 35.5. The zero-order valence-electron chi connectivity index (χ0n) is 17.3. The summed E-state index contributed by atoms with van der Waals surface area (Å²) < 4.78 is 1.59. The highest BCUT2D eigenvalue weighted by molar-refractivity contribution is 6.30.